The third-order valence-corrected chi connectivity index (χ3v) is 6.50. The van der Waals surface area contributed by atoms with Crippen molar-refractivity contribution in [2.24, 2.45) is 0 Å². The van der Waals surface area contributed by atoms with E-state index in [1.165, 1.54) is 22.2 Å². The molecule has 0 radical (unpaired) electrons. The Morgan fingerprint density at radius 2 is 1.75 bits per heavy atom. The molecule has 0 fully saturated rings. The number of carbonyl (C=O) groups is 1. The lowest BCUT2D eigenvalue weighted by atomic mass is 10.0. The number of hydrogen-bond donors (Lipinski definition) is 0. The number of hydrogen-bond acceptors (Lipinski definition) is 4. The zero-order valence-electron chi connectivity index (χ0n) is 17.6. The molecule has 0 unspecified atom stereocenters. The monoisotopic (exact) mass is 439 g/mol. The average molecular weight is 440 g/mol. The topological polar surface area (TPSA) is 55.2 Å². The first-order valence-electron chi connectivity index (χ1n) is 10.3. The van der Waals surface area contributed by atoms with Crippen LogP contribution < -0.4 is 5.56 Å². The van der Waals surface area contributed by atoms with E-state index in [0.717, 1.165) is 27.5 Å². The van der Waals surface area contributed by atoms with Gasteiger partial charge in [0.1, 0.15) is 11.4 Å². The van der Waals surface area contributed by atoms with Crippen LogP contribution in [-0.4, -0.2) is 27.4 Å². The summed E-state index contributed by atoms with van der Waals surface area (Å²) in [6, 6.07) is 24.1. The molecule has 0 atom stereocenters. The molecule has 5 nitrogen and oxygen atoms in total. The van der Waals surface area contributed by atoms with Gasteiger partial charge in [0.25, 0.3) is 5.56 Å². The third-order valence-electron chi connectivity index (χ3n) is 5.62. The highest BCUT2D eigenvalue weighted by atomic mass is 32.1. The Balaban J connectivity index is 1.47. The summed E-state index contributed by atoms with van der Waals surface area (Å²) >= 11 is 1.44. The van der Waals surface area contributed by atoms with Crippen LogP contribution in [0.2, 0.25) is 0 Å². The molecule has 0 spiro atoms. The second-order valence-corrected chi connectivity index (χ2v) is 8.66. The Kier molecular flexibility index (Phi) is 5.29. The first kappa shape index (κ1) is 20.2. The predicted molar refractivity (Wildman–Crippen MR) is 130 cm³/mol. The maximum Gasteiger partial charge on any atom is 0.263 e. The number of amides is 1. The Bertz CT molecular complexity index is 1490. The summed E-state index contributed by atoms with van der Waals surface area (Å²) in [6.45, 7) is 0.447. The minimum atomic E-state index is -0.194. The van der Waals surface area contributed by atoms with Crippen LogP contribution in [0.5, 0.6) is 0 Å². The number of fused-ring (bicyclic) bond motifs is 2. The lowest BCUT2D eigenvalue weighted by Gasteiger charge is -2.18. The van der Waals surface area contributed by atoms with Crippen LogP contribution in [0.1, 0.15) is 5.56 Å². The number of nitrogens with zero attached hydrogens (tertiary/aromatic N) is 3. The minimum absolute atomic E-state index is 0.0435. The number of likely N-dealkylation sites (N-methyl/N-ethyl adjacent to an activating group) is 1. The molecule has 0 bridgehead atoms. The molecule has 0 aliphatic heterocycles. The van der Waals surface area contributed by atoms with Gasteiger partial charge in [0.2, 0.25) is 5.91 Å². The van der Waals surface area contributed by atoms with Crippen molar-refractivity contribution >= 4 is 38.2 Å². The molecule has 0 aliphatic rings. The number of benzene rings is 3. The van der Waals surface area contributed by atoms with Crippen LogP contribution in [0.4, 0.5) is 0 Å². The fraction of sp³-hybridized carbons (Fsp3) is 0.115. The van der Waals surface area contributed by atoms with Gasteiger partial charge in [-0.3, -0.25) is 14.2 Å². The van der Waals surface area contributed by atoms with Crippen molar-refractivity contribution in [3.63, 3.8) is 0 Å². The zero-order chi connectivity index (χ0) is 22.1. The number of carbonyl (C=O) groups excluding carboxylic acids is 1. The molecule has 158 valence electrons. The van der Waals surface area contributed by atoms with Crippen molar-refractivity contribution in [1.82, 2.24) is 14.5 Å². The number of thiophene rings is 1. The molecule has 2 heterocycles. The van der Waals surface area contributed by atoms with E-state index in [0.29, 0.717) is 16.8 Å². The van der Waals surface area contributed by atoms with Gasteiger partial charge in [-0.15, -0.1) is 11.3 Å². The lowest BCUT2D eigenvalue weighted by molar-refractivity contribution is -0.131. The van der Waals surface area contributed by atoms with E-state index in [1.807, 2.05) is 53.9 Å². The molecule has 6 heteroatoms. The van der Waals surface area contributed by atoms with Gasteiger partial charge in [-0.1, -0.05) is 66.7 Å². The van der Waals surface area contributed by atoms with Gasteiger partial charge in [-0.25, -0.2) is 4.98 Å². The summed E-state index contributed by atoms with van der Waals surface area (Å²) in [5.41, 5.74) is 2.67. The molecule has 0 aliphatic carbocycles. The van der Waals surface area contributed by atoms with Crippen molar-refractivity contribution in [3.8, 4) is 11.1 Å². The molecule has 0 saturated heterocycles. The number of rotatable bonds is 5. The van der Waals surface area contributed by atoms with E-state index < -0.39 is 0 Å². The molecular formula is C26H21N3O2S. The van der Waals surface area contributed by atoms with E-state index >= 15 is 0 Å². The summed E-state index contributed by atoms with van der Waals surface area (Å²) in [5.74, 6) is -0.139. The van der Waals surface area contributed by atoms with Crippen LogP contribution in [0, 0.1) is 0 Å². The van der Waals surface area contributed by atoms with Crippen LogP contribution in [-0.2, 0) is 17.9 Å². The zero-order valence-corrected chi connectivity index (χ0v) is 18.4. The molecule has 0 N–H and O–H groups in total. The second-order valence-electron chi connectivity index (χ2n) is 7.80. The molecule has 2 aromatic heterocycles. The van der Waals surface area contributed by atoms with E-state index in [2.05, 4.69) is 29.2 Å². The van der Waals surface area contributed by atoms with Gasteiger partial charge in [-0.05, 0) is 28.0 Å². The Labute approximate surface area is 189 Å². The Morgan fingerprint density at radius 1 is 1.00 bits per heavy atom. The highest BCUT2D eigenvalue weighted by Crippen LogP contribution is 2.32. The fourth-order valence-electron chi connectivity index (χ4n) is 3.86. The SMILES string of the molecule is CN(Cc1ccccc1)C(=O)Cn1cnc2scc(-c3ccc4ccccc4c3)c2c1=O. The lowest BCUT2D eigenvalue weighted by Crippen LogP contribution is -2.33. The van der Waals surface area contributed by atoms with Gasteiger partial charge in [0.05, 0.1) is 11.7 Å². The predicted octanol–water partition coefficient (Wildman–Crippen LogP) is 4.94. The highest BCUT2D eigenvalue weighted by Gasteiger charge is 2.16. The maximum atomic E-state index is 13.3. The molecule has 5 rings (SSSR count). The van der Waals surface area contributed by atoms with Gasteiger partial charge < -0.3 is 4.90 Å². The minimum Gasteiger partial charge on any atom is -0.340 e. The van der Waals surface area contributed by atoms with Crippen LogP contribution in [0.3, 0.4) is 0 Å². The van der Waals surface area contributed by atoms with Gasteiger partial charge in [-0.2, -0.15) is 0 Å². The molecule has 32 heavy (non-hydrogen) atoms. The Hall–Kier alpha value is -3.77. The van der Waals surface area contributed by atoms with Crippen molar-refractivity contribution in [2.75, 3.05) is 7.05 Å². The first-order chi connectivity index (χ1) is 15.6. The van der Waals surface area contributed by atoms with Crippen LogP contribution in [0.15, 0.2) is 89.3 Å². The van der Waals surface area contributed by atoms with Crippen molar-refractivity contribution in [3.05, 3.63) is 100 Å². The van der Waals surface area contributed by atoms with Crippen molar-refractivity contribution in [1.29, 1.82) is 0 Å². The van der Waals surface area contributed by atoms with E-state index in [4.69, 9.17) is 0 Å². The normalized spacial score (nSPS) is 11.2. The Morgan fingerprint density at radius 3 is 2.56 bits per heavy atom. The fourth-order valence-corrected chi connectivity index (χ4v) is 4.77. The van der Waals surface area contributed by atoms with E-state index in [9.17, 15) is 9.59 Å². The maximum absolute atomic E-state index is 13.3. The van der Waals surface area contributed by atoms with Crippen molar-refractivity contribution < 1.29 is 4.79 Å². The quantitative estimate of drug-likeness (QED) is 0.390. The molecular weight excluding hydrogens is 418 g/mol. The van der Waals surface area contributed by atoms with Gasteiger partial charge in [0.15, 0.2) is 0 Å². The number of aromatic nitrogens is 2. The summed E-state index contributed by atoms with van der Waals surface area (Å²) in [7, 11) is 1.75. The molecule has 0 saturated carbocycles. The largest absolute Gasteiger partial charge is 0.340 e. The second kappa shape index (κ2) is 8.40. The van der Waals surface area contributed by atoms with E-state index in [-0.39, 0.29) is 18.0 Å². The summed E-state index contributed by atoms with van der Waals surface area (Å²) in [5, 5.41) is 4.80. The van der Waals surface area contributed by atoms with Crippen molar-refractivity contribution in [2.45, 2.75) is 13.1 Å². The molecule has 1 amide bonds. The van der Waals surface area contributed by atoms with Crippen LogP contribution >= 0.6 is 11.3 Å². The summed E-state index contributed by atoms with van der Waals surface area (Å²) in [4.78, 5) is 32.9. The first-order valence-corrected chi connectivity index (χ1v) is 11.2. The smallest absolute Gasteiger partial charge is 0.263 e. The highest BCUT2D eigenvalue weighted by molar-refractivity contribution is 7.17. The van der Waals surface area contributed by atoms with Crippen LogP contribution in [0.25, 0.3) is 32.1 Å². The summed E-state index contributed by atoms with van der Waals surface area (Å²) in [6.07, 6.45) is 1.47. The summed E-state index contributed by atoms with van der Waals surface area (Å²) < 4.78 is 1.41. The molecule has 5 aromatic rings. The van der Waals surface area contributed by atoms with Gasteiger partial charge in [0, 0.05) is 24.5 Å². The third kappa shape index (κ3) is 3.81. The standard InChI is InChI=1S/C26H21N3O2S/c1-28(14-18-7-3-2-4-8-18)23(30)15-29-17-27-25-24(26(29)31)22(16-32-25)21-12-11-19-9-5-6-10-20(19)13-21/h2-13,16-17H,14-15H2,1H3. The van der Waals surface area contributed by atoms with E-state index in [1.54, 1.807) is 11.9 Å². The van der Waals surface area contributed by atoms with Gasteiger partial charge >= 0.3 is 0 Å². The molecule has 3 aromatic carbocycles. The average Bonchev–Trinajstić information content (AvgIpc) is 3.26.